The van der Waals surface area contributed by atoms with Gasteiger partial charge in [-0.05, 0) is 31.2 Å². The Morgan fingerprint density at radius 1 is 1.46 bits per heavy atom. The Morgan fingerprint density at radius 3 is 2.62 bits per heavy atom. The van der Waals surface area contributed by atoms with Gasteiger partial charge >= 0.3 is 0 Å². The lowest BCUT2D eigenvalue weighted by molar-refractivity contribution is 0.330. The number of nitrogens with zero attached hydrogens (tertiary/aromatic N) is 1. The third-order valence-electron chi connectivity index (χ3n) is 1.36. The Kier molecular flexibility index (Phi) is 3.25. The molecule has 0 unspecified atom stereocenters. The van der Waals surface area contributed by atoms with Crippen molar-refractivity contribution in [1.82, 2.24) is 0 Å². The molecule has 0 heterocycles. The van der Waals surface area contributed by atoms with Crippen LogP contribution >= 0.6 is 0 Å². The minimum atomic E-state index is -0.286. The summed E-state index contributed by atoms with van der Waals surface area (Å²) in [5.41, 5.74) is 5.29. The number of benzene rings is 1. The van der Waals surface area contributed by atoms with Crippen LogP contribution in [0.2, 0.25) is 0 Å². The second-order valence-corrected chi connectivity index (χ2v) is 2.53. The van der Waals surface area contributed by atoms with Gasteiger partial charge in [0.15, 0.2) is 6.73 Å². The molecule has 0 saturated heterocycles. The first-order valence-electron chi connectivity index (χ1n) is 3.83. The summed E-state index contributed by atoms with van der Waals surface area (Å²) in [4.78, 5) is 3.82. The number of aliphatic imine (C=N–C) groups is 1. The van der Waals surface area contributed by atoms with Crippen LogP contribution in [-0.2, 0) is 0 Å². The second kappa shape index (κ2) is 4.45. The van der Waals surface area contributed by atoms with Gasteiger partial charge in [-0.2, -0.15) is 0 Å². The number of ether oxygens (including phenoxy) is 1. The summed E-state index contributed by atoms with van der Waals surface area (Å²) in [7, 11) is 0. The van der Waals surface area contributed by atoms with Crippen LogP contribution in [0, 0.1) is 5.82 Å². The maximum absolute atomic E-state index is 12.4. The van der Waals surface area contributed by atoms with Crippen molar-refractivity contribution in [3.05, 3.63) is 30.1 Å². The molecule has 0 spiro atoms. The molecule has 0 saturated carbocycles. The van der Waals surface area contributed by atoms with Crippen molar-refractivity contribution in [2.75, 3.05) is 6.73 Å². The fourth-order valence-corrected chi connectivity index (χ4v) is 0.739. The summed E-state index contributed by atoms with van der Waals surface area (Å²) < 4.78 is 17.6. The highest BCUT2D eigenvalue weighted by Crippen LogP contribution is 2.10. The molecule has 0 aliphatic rings. The Balaban J connectivity index is 2.46. The molecule has 70 valence electrons. The summed E-state index contributed by atoms with van der Waals surface area (Å²) in [6.07, 6.45) is 0. The topological polar surface area (TPSA) is 47.6 Å². The van der Waals surface area contributed by atoms with Gasteiger partial charge in [0, 0.05) is 0 Å². The van der Waals surface area contributed by atoms with Crippen molar-refractivity contribution in [3.8, 4) is 5.75 Å². The molecular formula is C9H11FN2O. The molecule has 2 N–H and O–H groups in total. The van der Waals surface area contributed by atoms with E-state index in [1.807, 2.05) is 0 Å². The first-order valence-corrected chi connectivity index (χ1v) is 3.83. The number of rotatable bonds is 3. The molecular weight excluding hydrogens is 171 g/mol. The lowest BCUT2D eigenvalue weighted by atomic mass is 10.3. The molecule has 1 rings (SSSR count). The molecule has 0 bridgehead atoms. The molecule has 1 aromatic carbocycles. The molecule has 13 heavy (non-hydrogen) atoms. The average Bonchev–Trinajstić information content (AvgIpc) is 2.08. The van der Waals surface area contributed by atoms with Gasteiger partial charge in [0.05, 0.1) is 5.84 Å². The number of hydrogen-bond acceptors (Lipinski definition) is 2. The zero-order chi connectivity index (χ0) is 9.68. The number of hydrogen-bond donors (Lipinski definition) is 1. The summed E-state index contributed by atoms with van der Waals surface area (Å²) in [5.74, 6) is 0.749. The SMILES string of the molecule is CC(N)=NCOc1ccc(F)cc1. The van der Waals surface area contributed by atoms with E-state index in [9.17, 15) is 4.39 Å². The number of halogens is 1. The molecule has 0 radical (unpaired) electrons. The van der Waals surface area contributed by atoms with E-state index in [0.29, 0.717) is 11.6 Å². The van der Waals surface area contributed by atoms with Crippen LogP contribution in [0.25, 0.3) is 0 Å². The van der Waals surface area contributed by atoms with Crippen LogP contribution < -0.4 is 10.5 Å². The quantitative estimate of drug-likeness (QED) is 0.569. The Labute approximate surface area is 76.0 Å². The zero-order valence-electron chi connectivity index (χ0n) is 7.33. The van der Waals surface area contributed by atoms with E-state index in [1.165, 1.54) is 24.3 Å². The summed E-state index contributed by atoms with van der Waals surface area (Å²) >= 11 is 0. The third-order valence-corrected chi connectivity index (χ3v) is 1.36. The molecule has 1 aromatic rings. The van der Waals surface area contributed by atoms with Crippen LogP contribution in [0.5, 0.6) is 5.75 Å². The van der Waals surface area contributed by atoms with E-state index in [4.69, 9.17) is 10.5 Å². The Morgan fingerprint density at radius 2 is 2.08 bits per heavy atom. The van der Waals surface area contributed by atoms with Crippen molar-refractivity contribution in [2.45, 2.75) is 6.92 Å². The summed E-state index contributed by atoms with van der Waals surface area (Å²) in [6.45, 7) is 1.84. The van der Waals surface area contributed by atoms with E-state index >= 15 is 0 Å². The lowest BCUT2D eigenvalue weighted by Gasteiger charge is -2.01. The fourth-order valence-electron chi connectivity index (χ4n) is 0.739. The maximum Gasteiger partial charge on any atom is 0.181 e. The summed E-state index contributed by atoms with van der Waals surface area (Å²) in [5, 5.41) is 0. The Hall–Kier alpha value is -1.58. The smallest absolute Gasteiger partial charge is 0.181 e. The van der Waals surface area contributed by atoms with Crippen molar-refractivity contribution in [1.29, 1.82) is 0 Å². The highest BCUT2D eigenvalue weighted by molar-refractivity contribution is 5.77. The molecule has 0 fully saturated rings. The first kappa shape index (κ1) is 9.51. The standard InChI is InChI=1S/C9H11FN2O/c1-7(11)12-6-13-9-4-2-8(10)3-5-9/h2-5H,6H2,1H3,(H2,11,12). The predicted octanol–water partition coefficient (Wildman–Crippen LogP) is 1.54. The molecule has 0 aromatic heterocycles. The van der Waals surface area contributed by atoms with Crippen LogP contribution in [0.4, 0.5) is 4.39 Å². The average molecular weight is 182 g/mol. The minimum absolute atomic E-state index is 0.161. The van der Waals surface area contributed by atoms with Gasteiger partial charge in [-0.15, -0.1) is 0 Å². The summed E-state index contributed by atoms with van der Waals surface area (Å²) in [6, 6.07) is 5.73. The van der Waals surface area contributed by atoms with Crippen LogP contribution in [0.15, 0.2) is 29.3 Å². The third kappa shape index (κ3) is 3.55. The maximum atomic E-state index is 12.4. The molecule has 3 nitrogen and oxygen atoms in total. The van der Waals surface area contributed by atoms with Crippen LogP contribution in [0.1, 0.15) is 6.92 Å². The number of nitrogens with two attached hydrogens (primary N) is 1. The lowest BCUT2D eigenvalue weighted by Crippen LogP contribution is -2.08. The van der Waals surface area contributed by atoms with Crippen LogP contribution in [-0.4, -0.2) is 12.6 Å². The fraction of sp³-hybridized carbons (Fsp3) is 0.222. The van der Waals surface area contributed by atoms with Crippen LogP contribution in [0.3, 0.4) is 0 Å². The number of amidine groups is 1. The minimum Gasteiger partial charge on any atom is -0.471 e. The van der Waals surface area contributed by atoms with Gasteiger partial charge in [-0.25, -0.2) is 9.38 Å². The van der Waals surface area contributed by atoms with E-state index in [2.05, 4.69) is 4.99 Å². The zero-order valence-corrected chi connectivity index (χ0v) is 7.33. The largest absolute Gasteiger partial charge is 0.471 e. The highest BCUT2D eigenvalue weighted by Gasteiger charge is 1.92. The van der Waals surface area contributed by atoms with E-state index in [0.717, 1.165) is 0 Å². The van der Waals surface area contributed by atoms with Crippen molar-refractivity contribution < 1.29 is 9.13 Å². The second-order valence-electron chi connectivity index (χ2n) is 2.53. The molecule has 0 atom stereocenters. The van der Waals surface area contributed by atoms with E-state index in [1.54, 1.807) is 6.92 Å². The molecule has 0 amide bonds. The van der Waals surface area contributed by atoms with Gasteiger partial charge in [-0.1, -0.05) is 0 Å². The molecule has 4 heteroatoms. The van der Waals surface area contributed by atoms with Crippen molar-refractivity contribution >= 4 is 5.84 Å². The molecule has 0 aliphatic carbocycles. The van der Waals surface area contributed by atoms with Gasteiger partial charge in [0.25, 0.3) is 0 Å². The molecule has 0 aliphatic heterocycles. The van der Waals surface area contributed by atoms with Gasteiger partial charge in [-0.3, -0.25) is 0 Å². The van der Waals surface area contributed by atoms with E-state index in [-0.39, 0.29) is 12.5 Å². The van der Waals surface area contributed by atoms with Gasteiger partial charge in [0.1, 0.15) is 11.6 Å². The predicted molar refractivity (Wildman–Crippen MR) is 49.2 cm³/mol. The van der Waals surface area contributed by atoms with Gasteiger partial charge < -0.3 is 10.5 Å². The van der Waals surface area contributed by atoms with Gasteiger partial charge in [0.2, 0.25) is 0 Å². The Bertz CT molecular complexity index is 291. The van der Waals surface area contributed by atoms with E-state index < -0.39 is 0 Å². The first-order chi connectivity index (χ1) is 6.18. The highest BCUT2D eigenvalue weighted by atomic mass is 19.1. The monoisotopic (exact) mass is 182 g/mol. The van der Waals surface area contributed by atoms with Crippen molar-refractivity contribution in [2.24, 2.45) is 10.7 Å². The van der Waals surface area contributed by atoms with Crippen molar-refractivity contribution in [3.63, 3.8) is 0 Å². The normalized spacial score (nSPS) is 11.4.